The van der Waals surface area contributed by atoms with E-state index in [4.69, 9.17) is 10.5 Å². The van der Waals surface area contributed by atoms with Crippen molar-refractivity contribution < 1.29 is 41.5 Å². The molecule has 3 unspecified atom stereocenters. The number of rotatable bonds is 13. The maximum absolute atomic E-state index is 15.7. The lowest BCUT2D eigenvalue weighted by Gasteiger charge is -2.42. The van der Waals surface area contributed by atoms with Crippen molar-refractivity contribution >= 4 is 29.5 Å². The SMILES string of the molecule is CC(C(=O)NC(F)C(F)F)c1cc(F)c(NC(=O)C(NC(=O)c2ccnn2C(C)C)C(C2CCCCC2)C2CCCCC2)cc1OC(N)=O. The topological polar surface area (TPSA) is 157 Å². The number of nitrogens with two attached hydrogens (primary N) is 1. The van der Waals surface area contributed by atoms with Crippen LogP contribution in [0, 0.1) is 23.6 Å². The Morgan fingerprint density at radius 1 is 0.898 bits per heavy atom. The van der Waals surface area contributed by atoms with Crippen LogP contribution < -0.4 is 26.4 Å². The van der Waals surface area contributed by atoms with Gasteiger partial charge in [0.05, 0.1) is 11.6 Å². The number of carbonyl (C=O) groups is 4. The first-order valence-corrected chi connectivity index (χ1v) is 17.0. The van der Waals surface area contributed by atoms with Crippen LogP contribution >= 0.6 is 0 Å². The molecule has 4 amide bonds. The van der Waals surface area contributed by atoms with E-state index in [-0.39, 0.29) is 35.1 Å². The number of anilines is 1. The first kappa shape index (κ1) is 37.6. The second kappa shape index (κ2) is 17.0. The molecule has 2 aliphatic rings. The number of nitrogens with one attached hydrogen (secondary N) is 3. The van der Waals surface area contributed by atoms with Crippen molar-refractivity contribution in [3.05, 3.63) is 41.5 Å². The third-order valence-electron chi connectivity index (χ3n) is 9.66. The summed E-state index contributed by atoms with van der Waals surface area (Å²) in [7, 11) is 0. The summed E-state index contributed by atoms with van der Waals surface area (Å²) in [4.78, 5) is 52.4. The summed E-state index contributed by atoms with van der Waals surface area (Å²) in [5, 5.41) is 11.3. The minimum Gasteiger partial charge on any atom is -0.410 e. The lowest BCUT2D eigenvalue weighted by molar-refractivity contribution is -0.126. The van der Waals surface area contributed by atoms with Crippen LogP contribution in [0.2, 0.25) is 0 Å². The molecule has 2 aliphatic carbocycles. The van der Waals surface area contributed by atoms with Crippen LogP contribution in [0.1, 0.15) is 113 Å². The minimum absolute atomic E-state index is 0.135. The van der Waals surface area contributed by atoms with Crippen LogP contribution in [0.5, 0.6) is 5.75 Å². The molecule has 11 nitrogen and oxygen atoms in total. The molecule has 1 aromatic carbocycles. The summed E-state index contributed by atoms with van der Waals surface area (Å²) in [5.41, 5.74) is 4.73. The highest BCUT2D eigenvalue weighted by molar-refractivity contribution is 6.01. The summed E-state index contributed by atoms with van der Waals surface area (Å²) >= 11 is 0. The van der Waals surface area contributed by atoms with Gasteiger partial charge in [-0.3, -0.25) is 19.1 Å². The highest BCUT2D eigenvalue weighted by Crippen LogP contribution is 2.42. The number of carbonyl (C=O) groups excluding carboxylic acids is 4. The molecule has 0 radical (unpaired) electrons. The van der Waals surface area contributed by atoms with E-state index >= 15 is 4.39 Å². The molecule has 2 aromatic rings. The molecular weight excluding hydrogens is 648 g/mol. The van der Waals surface area contributed by atoms with Crippen molar-refractivity contribution in [2.24, 2.45) is 23.5 Å². The predicted molar refractivity (Wildman–Crippen MR) is 173 cm³/mol. The fourth-order valence-electron chi connectivity index (χ4n) is 7.30. The number of primary amides is 1. The average Bonchev–Trinajstić information content (AvgIpc) is 3.57. The fourth-order valence-corrected chi connectivity index (χ4v) is 7.30. The summed E-state index contributed by atoms with van der Waals surface area (Å²) in [6.07, 6.45) is 3.35. The monoisotopic (exact) mass is 694 g/mol. The van der Waals surface area contributed by atoms with E-state index in [1.165, 1.54) is 18.4 Å². The number of hydrogen-bond acceptors (Lipinski definition) is 6. The molecule has 5 N–H and O–H groups in total. The normalized spacial score (nSPS) is 17.8. The van der Waals surface area contributed by atoms with Crippen LogP contribution in [-0.2, 0) is 9.59 Å². The Morgan fingerprint density at radius 2 is 1.49 bits per heavy atom. The molecule has 3 atom stereocenters. The van der Waals surface area contributed by atoms with Gasteiger partial charge in [-0.05, 0) is 50.7 Å². The quantitative estimate of drug-likeness (QED) is 0.141. The predicted octanol–water partition coefficient (Wildman–Crippen LogP) is 6.35. The van der Waals surface area contributed by atoms with Crippen molar-refractivity contribution in [2.75, 3.05) is 5.32 Å². The molecule has 1 heterocycles. The van der Waals surface area contributed by atoms with E-state index in [2.05, 4.69) is 15.7 Å². The molecular formula is C34H46F4N6O5. The minimum atomic E-state index is -3.50. The number of halogens is 4. The van der Waals surface area contributed by atoms with Gasteiger partial charge in [-0.2, -0.15) is 5.10 Å². The molecule has 0 spiro atoms. The van der Waals surface area contributed by atoms with Crippen molar-refractivity contribution in [2.45, 2.75) is 116 Å². The fraction of sp³-hybridized carbons (Fsp3) is 0.618. The largest absolute Gasteiger partial charge is 0.410 e. The van der Waals surface area contributed by atoms with Gasteiger partial charge in [-0.25, -0.2) is 22.4 Å². The van der Waals surface area contributed by atoms with Gasteiger partial charge >= 0.3 is 6.09 Å². The number of aromatic nitrogens is 2. The van der Waals surface area contributed by atoms with Gasteiger partial charge < -0.3 is 26.4 Å². The molecule has 0 bridgehead atoms. The van der Waals surface area contributed by atoms with E-state index in [1.54, 1.807) is 10.7 Å². The number of alkyl halides is 3. The molecule has 49 heavy (non-hydrogen) atoms. The third-order valence-corrected chi connectivity index (χ3v) is 9.66. The average molecular weight is 695 g/mol. The number of benzene rings is 1. The van der Waals surface area contributed by atoms with Gasteiger partial charge in [0.2, 0.25) is 18.1 Å². The van der Waals surface area contributed by atoms with Gasteiger partial charge in [0.25, 0.3) is 12.3 Å². The van der Waals surface area contributed by atoms with E-state index in [1.807, 2.05) is 13.8 Å². The zero-order chi connectivity index (χ0) is 35.8. The van der Waals surface area contributed by atoms with Crippen LogP contribution in [-0.4, -0.2) is 52.4 Å². The highest BCUT2D eigenvalue weighted by Gasteiger charge is 2.42. The highest BCUT2D eigenvalue weighted by atomic mass is 19.3. The maximum atomic E-state index is 15.7. The Hall–Kier alpha value is -4.17. The van der Waals surface area contributed by atoms with Gasteiger partial charge in [0.1, 0.15) is 23.3 Å². The first-order valence-electron chi connectivity index (χ1n) is 17.0. The van der Waals surface area contributed by atoms with Gasteiger partial charge in [0, 0.05) is 23.9 Å². The molecule has 2 saturated carbocycles. The lowest BCUT2D eigenvalue weighted by Crippen LogP contribution is -2.53. The zero-order valence-corrected chi connectivity index (χ0v) is 28.0. The lowest BCUT2D eigenvalue weighted by atomic mass is 9.66. The van der Waals surface area contributed by atoms with Gasteiger partial charge in [0.15, 0.2) is 0 Å². The number of nitrogens with zero attached hydrogens (tertiary/aromatic N) is 2. The van der Waals surface area contributed by atoms with Crippen molar-refractivity contribution in [1.82, 2.24) is 20.4 Å². The molecule has 2 fully saturated rings. The summed E-state index contributed by atoms with van der Waals surface area (Å²) in [6, 6.07) is 2.08. The van der Waals surface area contributed by atoms with Crippen molar-refractivity contribution in [1.29, 1.82) is 0 Å². The molecule has 1 aromatic heterocycles. The number of hydrogen-bond donors (Lipinski definition) is 4. The second-order valence-electron chi connectivity index (χ2n) is 13.3. The van der Waals surface area contributed by atoms with Crippen LogP contribution in [0.15, 0.2) is 24.4 Å². The van der Waals surface area contributed by atoms with E-state index < -0.39 is 65.7 Å². The zero-order valence-electron chi connectivity index (χ0n) is 28.0. The smallest absolute Gasteiger partial charge is 0.409 e. The molecule has 0 saturated heterocycles. The number of amides is 4. The van der Waals surface area contributed by atoms with Crippen molar-refractivity contribution in [3.8, 4) is 5.75 Å². The Labute approximate surface area is 283 Å². The Morgan fingerprint density at radius 3 is 2.02 bits per heavy atom. The van der Waals surface area contributed by atoms with Gasteiger partial charge in [-0.15, -0.1) is 0 Å². The first-order chi connectivity index (χ1) is 23.3. The maximum Gasteiger partial charge on any atom is 0.409 e. The summed E-state index contributed by atoms with van der Waals surface area (Å²) in [6.45, 7) is 4.91. The molecule has 4 rings (SSSR count). The van der Waals surface area contributed by atoms with E-state index in [9.17, 15) is 32.3 Å². The van der Waals surface area contributed by atoms with E-state index in [0.29, 0.717) is 0 Å². The third kappa shape index (κ3) is 9.50. The Kier molecular flexibility index (Phi) is 13.0. The number of ether oxygens (including phenoxy) is 1. The molecule has 270 valence electrons. The van der Waals surface area contributed by atoms with Crippen LogP contribution in [0.4, 0.5) is 28.0 Å². The van der Waals surface area contributed by atoms with Gasteiger partial charge in [-0.1, -0.05) is 64.2 Å². The standard InChI is InChI=1S/C34H46F4N6O5/c1-18(2)44-25(14-15-40-44)32(46)42-28(27(20-10-6-4-7-11-20)21-12-8-5-9-13-21)33(47)41-24-17-26(49-34(39)48)22(16-23(24)35)19(3)31(45)43-30(38)29(36)37/h14-21,27-30H,4-13H2,1-3H3,(H2,39,48)(H,41,47)(H,42,46)(H,43,45). The summed E-state index contributed by atoms with van der Waals surface area (Å²) in [5.74, 6) is -5.38. The molecule has 15 heteroatoms. The van der Waals surface area contributed by atoms with Crippen LogP contribution in [0.3, 0.4) is 0 Å². The Bertz CT molecular complexity index is 1460. The Balaban J connectivity index is 1.71. The van der Waals surface area contributed by atoms with E-state index in [0.717, 1.165) is 76.3 Å². The molecule has 0 aliphatic heterocycles. The second-order valence-corrected chi connectivity index (χ2v) is 13.3. The van der Waals surface area contributed by atoms with Crippen molar-refractivity contribution in [3.63, 3.8) is 0 Å². The summed E-state index contributed by atoms with van der Waals surface area (Å²) < 4.78 is 61.3. The van der Waals surface area contributed by atoms with Crippen LogP contribution in [0.25, 0.3) is 0 Å².